The second-order valence-corrected chi connectivity index (χ2v) is 9.69. The maximum atomic E-state index is 12.5. The Morgan fingerprint density at radius 3 is 2.50 bits per heavy atom. The summed E-state index contributed by atoms with van der Waals surface area (Å²) in [4.78, 5) is 21.6. The number of benzene rings is 1. The van der Waals surface area contributed by atoms with E-state index in [1.54, 1.807) is 0 Å². The highest BCUT2D eigenvalue weighted by atomic mass is 127. The fraction of sp³-hybridized carbons (Fsp3) is 0.619. The van der Waals surface area contributed by atoms with Crippen molar-refractivity contribution in [3.05, 3.63) is 35.4 Å². The third-order valence-corrected chi connectivity index (χ3v) is 6.36. The van der Waals surface area contributed by atoms with E-state index in [1.807, 2.05) is 28.8 Å². The van der Waals surface area contributed by atoms with Gasteiger partial charge in [-0.2, -0.15) is 11.8 Å². The van der Waals surface area contributed by atoms with Crippen molar-refractivity contribution in [2.24, 2.45) is 4.99 Å². The minimum atomic E-state index is 0. The van der Waals surface area contributed by atoms with E-state index in [1.165, 1.54) is 11.1 Å². The smallest absolute Gasteiger partial charge is 0.223 e. The molecule has 0 bridgehead atoms. The fourth-order valence-electron chi connectivity index (χ4n) is 3.71. The highest BCUT2D eigenvalue weighted by molar-refractivity contribution is 14.0. The number of aliphatic imine (C=N–C) groups is 1. The van der Waals surface area contributed by atoms with Crippen molar-refractivity contribution in [3.63, 3.8) is 0 Å². The van der Waals surface area contributed by atoms with Crippen molar-refractivity contribution in [2.75, 3.05) is 31.9 Å². The molecule has 2 aliphatic rings. The minimum Gasteiger partial charge on any atom is -0.357 e. The molecule has 0 spiro atoms. The van der Waals surface area contributed by atoms with Gasteiger partial charge in [0.05, 0.1) is 0 Å². The Kier molecular flexibility index (Phi) is 8.92. The number of carbonyl (C=O) groups excluding carboxylic acids is 1. The molecule has 1 aromatic rings. The average molecular weight is 516 g/mol. The van der Waals surface area contributed by atoms with Crippen molar-refractivity contribution >= 4 is 47.6 Å². The molecule has 1 N–H and O–H groups in total. The number of nitrogens with one attached hydrogen (secondary N) is 1. The van der Waals surface area contributed by atoms with Gasteiger partial charge in [0, 0.05) is 56.2 Å². The standard InChI is InChI=1S/C21H32N4OS.HI/c1-4-22-20(24-12-13-27-21(2,3)16-24)23-11-7-10-19(26)25-14-17-8-5-6-9-18(17)15-25;/h5-6,8-9H,4,7,10-16H2,1-3H3,(H,22,23);1H. The van der Waals surface area contributed by atoms with Crippen molar-refractivity contribution in [3.8, 4) is 0 Å². The Hall–Kier alpha value is -0.960. The molecule has 1 saturated heterocycles. The van der Waals surface area contributed by atoms with Crippen molar-refractivity contribution in [2.45, 2.75) is 51.4 Å². The Morgan fingerprint density at radius 1 is 1.21 bits per heavy atom. The molecule has 0 saturated carbocycles. The molecule has 0 unspecified atom stereocenters. The van der Waals surface area contributed by atoms with Gasteiger partial charge in [0.15, 0.2) is 5.96 Å². The molecule has 2 heterocycles. The Bertz CT molecular complexity index is 670. The lowest BCUT2D eigenvalue weighted by Gasteiger charge is -2.39. The van der Waals surface area contributed by atoms with Crippen LogP contribution in [0.15, 0.2) is 29.3 Å². The van der Waals surface area contributed by atoms with Crippen LogP contribution in [0.1, 0.15) is 44.7 Å². The zero-order valence-electron chi connectivity index (χ0n) is 17.2. The normalized spacial score (nSPS) is 18.5. The summed E-state index contributed by atoms with van der Waals surface area (Å²) in [6, 6.07) is 8.33. The summed E-state index contributed by atoms with van der Waals surface area (Å²) in [6.45, 7) is 11.8. The van der Waals surface area contributed by atoms with Gasteiger partial charge in [0.2, 0.25) is 5.91 Å². The molecule has 1 aromatic carbocycles. The predicted octanol–water partition coefficient (Wildman–Crippen LogP) is 3.72. The topological polar surface area (TPSA) is 47.9 Å². The van der Waals surface area contributed by atoms with Crippen LogP contribution in [0.4, 0.5) is 0 Å². The number of carbonyl (C=O) groups is 1. The van der Waals surface area contributed by atoms with Gasteiger partial charge in [0.25, 0.3) is 0 Å². The molecule has 7 heteroatoms. The number of nitrogens with zero attached hydrogens (tertiary/aromatic N) is 3. The van der Waals surface area contributed by atoms with Crippen LogP contribution in [0.2, 0.25) is 0 Å². The largest absolute Gasteiger partial charge is 0.357 e. The lowest BCUT2D eigenvalue weighted by molar-refractivity contribution is -0.131. The monoisotopic (exact) mass is 516 g/mol. The number of thioether (sulfide) groups is 1. The predicted molar refractivity (Wildman–Crippen MR) is 129 cm³/mol. The van der Waals surface area contributed by atoms with E-state index in [2.05, 4.69) is 43.1 Å². The summed E-state index contributed by atoms with van der Waals surface area (Å²) in [5.74, 6) is 2.36. The first-order valence-corrected chi connectivity index (χ1v) is 11.0. The first-order chi connectivity index (χ1) is 13.0. The lowest BCUT2D eigenvalue weighted by Crippen LogP contribution is -2.51. The quantitative estimate of drug-likeness (QED) is 0.281. The van der Waals surface area contributed by atoms with Crippen LogP contribution in [0.5, 0.6) is 0 Å². The fourth-order valence-corrected chi connectivity index (χ4v) is 4.82. The molecule has 3 rings (SSSR count). The Morgan fingerprint density at radius 2 is 1.89 bits per heavy atom. The van der Waals surface area contributed by atoms with E-state index in [0.717, 1.165) is 50.9 Å². The van der Waals surface area contributed by atoms with Crippen LogP contribution in [-0.2, 0) is 17.9 Å². The number of fused-ring (bicyclic) bond motifs is 1. The van der Waals surface area contributed by atoms with Gasteiger partial charge in [-0.15, -0.1) is 24.0 Å². The highest BCUT2D eigenvalue weighted by Gasteiger charge is 2.28. The van der Waals surface area contributed by atoms with Gasteiger partial charge < -0.3 is 15.1 Å². The van der Waals surface area contributed by atoms with Crippen LogP contribution in [0.3, 0.4) is 0 Å². The van der Waals surface area contributed by atoms with Gasteiger partial charge in [-0.25, -0.2) is 0 Å². The molecular weight excluding hydrogens is 483 g/mol. The van der Waals surface area contributed by atoms with E-state index >= 15 is 0 Å². The van der Waals surface area contributed by atoms with Crippen LogP contribution in [0, 0.1) is 0 Å². The van der Waals surface area contributed by atoms with E-state index in [4.69, 9.17) is 4.99 Å². The lowest BCUT2D eigenvalue weighted by atomic mass is 10.1. The second kappa shape index (κ2) is 10.7. The first-order valence-electron chi connectivity index (χ1n) is 10.0. The molecule has 0 aromatic heterocycles. The first kappa shape index (κ1) is 23.3. The molecule has 2 aliphatic heterocycles. The maximum Gasteiger partial charge on any atom is 0.223 e. The molecule has 5 nitrogen and oxygen atoms in total. The van der Waals surface area contributed by atoms with Crippen molar-refractivity contribution in [1.29, 1.82) is 0 Å². The molecule has 0 aliphatic carbocycles. The van der Waals surface area contributed by atoms with Crippen LogP contribution in [0.25, 0.3) is 0 Å². The van der Waals surface area contributed by atoms with E-state index in [-0.39, 0.29) is 34.6 Å². The molecular formula is C21H33IN4OS. The highest BCUT2D eigenvalue weighted by Crippen LogP contribution is 2.29. The zero-order valence-corrected chi connectivity index (χ0v) is 20.4. The second-order valence-electron chi connectivity index (χ2n) is 7.89. The number of guanidine groups is 1. The van der Waals surface area contributed by atoms with Crippen molar-refractivity contribution in [1.82, 2.24) is 15.1 Å². The third kappa shape index (κ3) is 6.27. The third-order valence-electron chi connectivity index (χ3n) is 5.06. The number of hydrogen-bond donors (Lipinski definition) is 1. The zero-order chi connectivity index (χ0) is 19.3. The number of amides is 1. The molecule has 0 atom stereocenters. The van der Waals surface area contributed by atoms with Gasteiger partial charge in [-0.3, -0.25) is 9.79 Å². The van der Waals surface area contributed by atoms with Crippen LogP contribution >= 0.6 is 35.7 Å². The van der Waals surface area contributed by atoms with Crippen molar-refractivity contribution < 1.29 is 4.79 Å². The summed E-state index contributed by atoms with van der Waals surface area (Å²) in [5.41, 5.74) is 2.56. The van der Waals surface area contributed by atoms with E-state index in [0.29, 0.717) is 13.0 Å². The SMILES string of the molecule is CCNC(=NCCCC(=O)N1Cc2ccccc2C1)N1CCSC(C)(C)C1.I. The molecule has 28 heavy (non-hydrogen) atoms. The number of rotatable bonds is 5. The van der Waals surface area contributed by atoms with Gasteiger partial charge in [-0.05, 0) is 38.3 Å². The van der Waals surface area contributed by atoms with E-state index in [9.17, 15) is 4.79 Å². The van der Waals surface area contributed by atoms with E-state index < -0.39 is 0 Å². The summed E-state index contributed by atoms with van der Waals surface area (Å²) in [5, 5.41) is 3.42. The Labute approximate surface area is 190 Å². The van der Waals surface area contributed by atoms with Crippen LogP contribution in [-0.4, -0.2) is 58.3 Å². The Balaban J connectivity index is 0.00000280. The van der Waals surface area contributed by atoms with Gasteiger partial charge in [0.1, 0.15) is 0 Å². The molecule has 156 valence electrons. The molecule has 1 fully saturated rings. The minimum absolute atomic E-state index is 0. The molecule has 0 radical (unpaired) electrons. The summed E-state index contributed by atoms with van der Waals surface area (Å²) < 4.78 is 0.259. The summed E-state index contributed by atoms with van der Waals surface area (Å²) in [6.07, 6.45) is 1.37. The number of halogens is 1. The van der Waals surface area contributed by atoms with Gasteiger partial charge >= 0.3 is 0 Å². The molecule has 1 amide bonds. The van der Waals surface area contributed by atoms with Crippen LogP contribution < -0.4 is 5.32 Å². The average Bonchev–Trinajstić information content (AvgIpc) is 3.07. The summed E-state index contributed by atoms with van der Waals surface area (Å²) in [7, 11) is 0. The summed E-state index contributed by atoms with van der Waals surface area (Å²) >= 11 is 2.03. The maximum absolute atomic E-state index is 12.5. The van der Waals surface area contributed by atoms with Gasteiger partial charge in [-0.1, -0.05) is 24.3 Å². The number of hydrogen-bond acceptors (Lipinski definition) is 3.